The van der Waals surface area contributed by atoms with Gasteiger partial charge in [0.15, 0.2) is 18.3 Å². The first kappa shape index (κ1) is 33.3. The summed E-state index contributed by atoms with van der Waals surface area (Å²) in [7, 11) is 1.48. The van der Waals surface area contributed by atoms with E-state index in [1.54, 1.807) is 30.5 Å². The molecule has 5 amide bonds. The van der Waals surface area contributed by atoms with E-state index < -0.39 is 47.9 Å². The number of nitrogens with zero attached hydrogens (tertiary/aromatic N) is 3. The minimum absolute atomic E-state index is 0.00638. The SMILES string of the molecule is CC(C)C[C@@H]1NC(=O)CN(C)C(=O)[C@@H](Cc2ccccc2)NC(=O)[C@H]2CN(C(=O)c3ccc(-c4cnco4)cc3)C[C@@H](CNC1=O)O2. The minimum atomic E-state index is -1.13. The first-order valence-electron chi connectivity index (χ1n) is 15.7. The Morgan fingerprint density at radius 2 is 1.70 bits per heavy atom. The molecular weight excluding hydrogens is 604 g/mol. The lowest BCUT2D eigenvalue weighted by Crippen LogP contribution is -2.59. The molecule has 2 aliphatic rings. The van der Waals surface area contributed by atoms with Crippen molar-refractivity contribution in [2.24, 2.45) is 5.92 Å². The van der Waals surface area contributed by atoms with Crippen molar-refractivity contribution >= 4 is 29.5 Å². The van der Waals surface area contributed by atoms with E-state index in [2.05, 4.69) is 20.9 Å². The van der Waals surface area contributed by atoms with Crippen LogP contribution in [0.25, 0.3) is 11.3 Å². The molecule has 3 N–H and O–H groups in total. The molecule has 13 heteroatoms. The van der Waals surface area contributed by atoms with Crippen LogP contribution in [0.3, 0.4) is 0 Å². The molecule has 13 nitrogen and oxygen atoms in total. The van der Waals surface area contributed by atoms with Crippen molar-refractivity contribution in [2.45, 2.75) is 51.0 Å². The molecule has 0 unspecified atom stereocenters. The summed E-state index contributed by atoms with van der Waals surface area (Å²) in [5.74, 6) is -1.67. The number of benzene rings is 2. The second-order valence-corrected chi connectivity index (χ2v) is 12.3. The van der Waals surface area contributed by atoms with Crippen molar-refractivity contribution in [1.82, 2.24) is 30.7 Å². The predicted octanol–water partition coefficient (Wildman–Crippen LogP) is 1.40. The summed E-state index contributed by atoms with van der Waals surface area (Å²) in [5, 5.41) is 8.42. The number of nitrogens with one attached hydrogen (secondary N) is 3. The maximum Gasteiger partial charge on any atom is 0.254 e. The van der Waals surface area contributed by atoms with Crippen molar-refractivity contribution in [1.29, 1.82) is 0 Å². The van der Waals surface area contributed by atoms with Gasteiger partial charge in [-0.2, -0.15) is 0 Å². The first-order valence-corrected chi connectivity index (χ1v) is 15.7. The van der Waals surface area contributed by atoms with E-state index in [9.17, 15) is 24.0 Å². The second kappa shape index (κ2) is 15.0. The molecule has 2 fully saturated rings. The van der Waals surface area contributed by atoms with E-state index in [4.69, 9.17) is 9.15 Å². The summed E-state index contributed by atoms with van der Waals surface area (Å²) in [4.78, 5) is 74.2. The van der Waals surface area contributed by atoms with Crippen molar-refractivity contribution in [2.75, 3.05) is 33.2 Å². The summed E-state index contributed by atoms with van der Waals surface area (Å²) in [6.07, 6.45) is 1.57. The zero-order valence-electron chi connectivity index (χ0n) is 26.7. The highest BCUT2D eigenvalue weighted by molar-refractivity contribution is 5.96. The van der Waals surface area contributed by atoms with Crippen LogP contribution in [0.1, 0.15) is 36.2 Å². The molecule has 248 valence electrons. The van der Waals surface area contributed by atoms with Crippen molar-refractivity contribution in [3.63, 3.8) is 0 Å². The molecule has 0 radical (unpaired) electrons. The van der Waals surface area contributed by atoms with Gasteiger partial charge in [-0.1, -0.05) is 56.3 Å². The number of fused-ring (bicyclic) bond motifs is 2. The van der Waals surface area contributed by atoms with Gasteiger partial charge >= 0.3 is 0 Å². The number of carbonyl (C=O) groups excluding carboxylic acids is 5. The molecule has 2 aromatic carbocycles. The molecule has 2 bridgehead atoms. The number of hydrogen-bond acceptors (Lipinski definition) is 8. The lowest BCUT2D eigenvalue weighted by atomic mass is 10.0. The molecule has 2 aliphatic heterocycles. The third kappa shape index (κ3) is 8.61. The van der Waals surface area contributed by atoms with Gasteiger partial charge in [0.05, 0.1) is 25.4 Å². The van der Waals surface area contributed by atoms with Crippen LogP contribution >= 0.6 is 0 Å². The van der Waals surface area contributed by atoms with E-state index in [1.165, 1.54) is 23.2 Å². The standard InChI is InChI=1S/C34H40N6O7/c1-21(2)13-26-31(42)36-15-25-17-40(33(44)24-11-9-23(10-12-24)28-16-35-20-46-28)18-29(47-25)32(43)38-27(14-22-7-5-4-6-8-22)34(45)39(3)19-30(41)37-26/h4-12,16,20-21,25-27,29H,13-15,17-19H2,1-3H3,(H,36,42)(H,37,41)(H,38,43)/t25-,26+,27-,29-/m1/s1. The van der Waals surface area contributed by atoms with Crippen molar-refractivity contribution in [3.05, 3.63) is 78.3 Å². The fourth-order valence-corrected chi connectivity index (χ4v) is 5.73. The Morgan fingerprint density at radius 1 is 0.957 bits per heavy atom. The zero-order chi connectivity index (χ0) is 33.5. The Kier molecular flexibility index (Phi) is 10.7. The summed E-state index contributed by atoms with van der Waals surface area (Å²) >= 11 is 0. The fraction of sp³-hybridized carbons (Fsp3) is 0.412. The topological polar surface area (TPSA) is 163 Å². The highest BCUT2D eigenvalue weighted by Crippen LogP contribution is 2.21. The summed E-state index contributed by atoms with van der Waals surface area (Å²) in [5.41, 5.74) is 1.95. The minimum Gasteiger partial charge on any atom is -0.444 e. The normalized spacial score (nSPS) is 23.0. The number of ether oxygens (including phenoxy) is 1. The average molecular weight is 645 g/mol. The Labute approximate surface area is 273 Å². The monoisotopic (exact) mass is 644 g/mol. The Hall–Kier alpha value is -5.04. The Balaban J connectivity index is 1.42. The maximum absolute atomic E-state index is 13.8. The molecule has 5 rings (SSSR count). The van der Waals surface area contributed by atoms with Crippen LogP contribution in [0.4, 0.5) is 0 Å². The average Bonchev–Trinajstić information content (AvgIpc) is 3.61. The van der Waals surface area contributed by atoms with Crippen molar-refractivity contribution < 1.29 is 33.1 Å². The van der Waals surface area contributed by atoms with Gasteiger partial charge < -0.3 is 34.9 Å². The second-order valence-electron chi connectivity index (χ2n) is 12.3. The number of hydrogen-bond donors (Lipinski definition) is 3. The van der Waals surface area contributed by atoms with Gasteiger partial charge in [-0.05, 0) is 30.0 Å². The molecular formula is C34H40N6O7. The van der Waals surface area contributed by atoms with Crippen LogP contribution in [0.15, 0.2) is 71.6 Å². The molecule has 1 aromatic heterocycles. The van der Waals surface area contributed by atoms with E-state index >= 15 is 0 Å². The van der Waals surface area contributed by atoms with Gasteiger partial charge in [0.2, 0.25) is 17.7 Å². The smallest absolute Gasteiger partial charge is 0.254 e. The summed E-state index contributed by atoms with van der Waals surface area (Å²) in [6.45, 7) is 3.59. The number of morpholine rings is 1. The van der Waals surface area contributed by atoms with Crippen molar-refractivity contribution in [3.8, 4) is 11.3 Å². The highest BCUT2D eigenvalue weighted by atomic mass is 16.5. The van der Waals surface area contributed by atoms with Crippen LogP contribution in [-0.4, -0.2) is 102 Å². The Morgan fingerprint density at radius 3 is 2.38 bits per heavy atom. The quantitative estimate of drug-likeness (QED) is 0.363. The number of oxazole rings is 1. The van der Waals surface area contributed by atoms with Gasteiger partial charge in [0, 0.05) is 37.7 Å². The number of rotatable bonds is 6. The van der Waals surface area contributed by atoms with Gasteiger partial charge in [-0.25, -0.2) is 4.98 Å². The van der Waals surface area contributed by atoms with E-state index in [0.717, 1.165) is 11.1 Å². The van der Waals surface area contributed by atoms with E-state index in [1.807, 2.05) is 44.2 Å². The zero-order valence-corrected chi connectivity index (χ0v) is 26.7. The fourth-order valence-electron chi connectivity index (χ4n) is 5.73. The molecule has 3 aromatic rings. The number of likely N-dealkylation sites (N-methyl/N-ethyl adjacent to an activating group) is 1. The van der Waals surface area contributed by atoms with Gasteiger partial charge in [-0.15, -0.1) is 0 Å². The first-order chi connectivity index (χ1) is 22.6. The molecule has 47 heavy (non-hydrogen) atoms. The molecule has 0 aliphatic carbocycles. The van der Waals surface area contributed by atoms with Crippen LogP contribution in [0.2, 0.25) is 0 Å². The highest BCUT2D eigenvalue weighted by Gasteiger charge is 2.38. The Bertz CT molecular complexity index is 1560. The van der Waals surface area contributed by atoms with Crippen LogP contribution in [0, 0.1) is 5.92 Å². The number of amides is 5. The molecule has 3 heterocycles. The third-order valence-electron chi connectivity index (χ3n) is 8.11. The molecule has 4 atom stereocenters. The maximum atomic E-state index is 13.8. The predicted molar refractivity (Wildman–Crippen MR) is 171 cm³/mol. The van der Waals surface area contributed by atoms with E-state index in [-0.39, 0.29) is 44.4 Å². The third-order valence-corrected chi connectivity index (χ3v) is 8.11. The van der Waals surface area contributed by atoms with Gasteiger partial charge in [-0.3, -0.25) is 24.0 Å². The lowest BCUT2D eigenvalue weighted by molar-refractivity contribution is -0.148. The number of aromatic nitrogens is 1. The van der Waals surface area contributed by atoms with Crippen LogP contribution < -0.4 is 16.0 Å². The largest absolute Gasteiger partial charge is 0.444 e. The van der Waals surface area contributed by atoms with Crippen LogP contribution in [0.5, 0.6) is 0 Å². The molecule has 0 spiro atoms. The molecule has 0 saturated carbocycles. The van der Waals surface area contributed by atoms with Crippen LogP contribution in [-0.2, 0) is 30.3 Å². The van der Waals surface area contributed by atoms with E-state index in [0.29, 0.717) is 17.7 Å². The van der Waals surface area contributed by atoms with Gasteiger partial charge in [0.1, 0.15) is 12.1 Å². The van der Waals surface area contributed by atoms with Gasteiger partial charge in [0.25, 0.3) is 11.8 Å². The lowest BCUT2D eigenvalue weighted by Gasteiger charge is -2.38. The number of carbonyl (C=O) groups is 5. The summed E-state index contributed by atoms with van der Waals surface area (Å²) < 4.78 is 11.5. The molecule has 2 saturated heterocycles. The summed E-state index contributed by atoms with van der Waals surface area (Å²) in [6, 6.07) is 14.2.